The minimum atomic E-state index is -1.13. The Balaban J connectivity index is 2.17. The minimum Gasteiger partial charge on any atom is -0.268 e. The lowest BCUT2D eigenvalue weighted by Gasteiger charge is -2.16. The number of fused-ring (bicyclic) bond motifs is 1. The largest absolute Gasteiger partial charge is 0.268 e. The molecular formula is C14H6BrF2NO2. The van der Waals surface area contributed by atoms with Crippen LogP contribution in [0.5, 0.6) is 0 Å². The fourth-order valence-electron chi connectivity index (χ4n) is 2.09. The summed E-state index contributed by atoms with van der Waals surface area (Å²) in [5.74, 6) is -3.30. The number of halogens is 3. The number of hydrogen-bond acceptors (Lipinski definition) is 2. The third kappa shape index (κ3) is 1.76. The Morgan fingerprint density at radius 3 is 1.95 bits per heavy atom. The van der Waals surface area contributed by atoms with Crippen LogP contribution in [0.15, 0.2) is 40.9 Å². The lowest BCUT2D eigenvalue weighted by Crippen LogP contribution is -2.29. The molecule has 0 bridgehead atoms. The Hall–Kier alpha value is -2.08. The smallest absolute Gasteiger partial charge is 0.266 e. The van der Waals surface area contributed by atoms with Gasteiger partial charge in [-0.25, -0.2) is 13.7 Å². The molecule has 0 unspecified atom stereocenters. The Kier molecular flexibility index (Phi) is 2.90. The van der Waals surface area contributed by atoms with Crippen molar-refractivity contribution in [3.8, 4) is 0 Å². The van der Waals surface area contributed by atoms with Crippen LogP contribution < -0.4 is 4.90 Å². The molecule has 3 rings (SSSR count). The highest BCUT2D eigenvalue weighted by atomic mass is 79.9. The summed E-state index contributed by atoms with van der Waals surface area (Å²) in [6.07, 6.45) is 0. The van der Waals surface area contributed by atoms with Crippen molar-refractivity contribution >= 4 is 33.4 Å². The predicted molar refractivity (Wildman–Crippen MR) is 71.6 cm³/mol. The number of carbonyl (C=O) groups is 2. The number of carbonyl (C=O) groups excluding carboxylic acids is 2. The zero-order valence-corrected chi connectivity index (χ0v) is 11.4. The van der Waals surface area contributed by atoms with Crippen molar-refractivity contribution in [2.75, 3.05) is 4.90 Å². The van der Waals surface area contributed by atoms with Crippen LogP contribution in [0.4, 0.5) is 14.5 Å². The average Bonchev–Trinajstić information content (AvgIpc) is 2.68. The summed E-state index contributed by atoms with van der Waals surface area (Å²) in [6.45, 7) is 0. The van der Waals surface area contributed by atoms with Crippen molar-refractivity contribution in [3.05, 3.63) is 63.6 Å². The van der Waals surface area contributed by atoms with Gasteiger partial charge in [0.15, 0.2) is 11.6 Å². The van der Waals surface area contributed by atoms with E-state index in [-0.39, 0.29) is 21.3 Å². The summed E-state index contributed by atoms with van der Waals surface area (Å²) in [4.78, 5) is 25.3. The maximum atomic E-state index is 13.4. The van der Waals surface area contributed by atoms with Gasteiger partial charge in [-0.3, -0.25) is 9.59 Å². The standard InChI is InChI=1S/C14H6BrF2NO2/c15-9-5-10(16)11(17)6-12(9)18-13(19)7-3-1-2-4-8(7)14(18)20/h1-6H. The number of benzene rings is 2. The molecule has 1 aliphatic heterocycles. The summed E-state index contributed by atoms with van der Waals surface area (Å²) in [5.41, 5.74) is 0.471. The molecule has 0 saturated heterocycles. The summed E-state index contributed by atoms with van der Waals surface area (Å²) in [7, 11) is 0. The predicted octanol–water partition coefficient (Wildman–Crippen LogP) is 3.53. The van der Waals surface area contributed by atoms with Gasteiger partial charge in [-0.1, -0.05) is 12.1 Å². The first kappa shape index (κ1) is 12.9. The quantitative estimate of drug-likeness (QED) is 0.589. The van der Waals surface area contributed by atoms with Crippen molar-refractivity contribution in [1.29, 1.82) is 0 Å². The zero-order valence-electron chi connectivity index (χ0n) is 9.86. The number of hydrogen-bond donors (Lipinski definition) is 0. The normalized spacial score (nSPS) is 13.8. The molecule has 0 atom stereocenters. The monoisotopic (exact) mass is 337 g/mol. The van der Waals surface area contributed by atoms with Crippen molar-refractivity contribution in [2.45, 2.75) is 0 Å². The molecule has 0 saturated carbocycles. The fraction of sp³-hybridized carbons (Fsp3) is 0. The summed E-state index contributed by atoms with van der Waals surface area (Å²) >= 11 is 3.04. The van der Waals surface area contributed by atoms with Crippen LogP contribution in [0.25, 0.3) is 0 Å². The highest BCUT2D eigenvalue weighted by molar-refractivity contribution is 9.10. The molecular weight excluding hydrogens is 332 g/mol. The van der Waals surface area contributed by atoms with Crippen molar-refractivity contribution in [3.63, 3.8) is 0 Å². The lowest BCUT2D eigenvalue weighted by atomic mass is 10.1. The van der Waals surface area contributed by atoms with E-state index in [1.807, 2.05) is 0 Å². The van der Waals surface area contributed by atoms with E-state index in [1.54, 1.807) is 12.1 Å². The highest BCUT2D eigenvalue weighted by Gasteiger charge is 2.37. The molecule has 0 fully saturated rings. The van der Waals surface area contributed by atoms with E-state index >= 15 is 0 Å². The molecule has 0 aliphatic carbocycles. The molecule has 2 aromatic carbocycles. The molecule has 3 nitrogen and oxygen atoms in total. The van der Waals surface area contributed by atoms with Gasteiger partial charge in [-0.05, 0) is 34.1 Å². The summed E-state index contributed by atoms with van der Waals surface area (Å²) < 4.78 is 26.6. The van der Waals surface area contributed by atoms with Crippen LogP contribution in [-0.2, 0) is 0 Å². The van der Waals surface area contributed by atoms with E-state index in [4.69, 9.17) is 0 Å². The molecule has 100 valence electrons. The number of imide groups is 1. The molecule has 0 radical (unpaired) electrons. The van der Waals surface area contributed by atoms with Gasteiger partial charge in [0.05, 0.1) is 16.8 Å². The van der Waals surface area contributed by atoms with Crippen LogP contribution in [0.1, 0.15) is 20.7 Å². The summed E-state index contributed by atoms with van der Waals surface area (Å²) in [6, 6.07) is 8.00. The van der Waals surface area contributed by atoms with Crippen LogP contribution in [0, 0.1) is 11.6 Å². The second-order valence-corrected chi connectivity index (χ2v) is 5.06. The molecule has 6 heteroatoms. The van der Waals surface area contributed by atoms with Gasteiger partial charge in [-0.15, -0.1) is 0 Å². The molecule has 0 N–H and O–H groups in total. The maximum Gasteiger partial charge on any atom is 0.266 e. The molecule has 2 amide bonds. The van der Waals surface area contributed by atoms with Gasteiger partial charge in [0.1, 0.15) is 0 Å². The van der Waals surface area contributed by atoms with Gasteiger partial charge in [0.2, 0.25) is 0 Å². The van der Waals surface area contributed by atoms with E-state index < -0.39 is 23.4 Å². The number of nitrogens with zero attached hydrogens (tertiary/aromatic N) is 1. The Morgan fingerprint density at radius 2 is 1.40 bits per heavy atom. The molecule has 1 heterocycles. The average molecular weight is 338 g/mol. The van der Waals surface area contributed by atoms with Crippen molar-refractivity contribution < 1.29 is 18.4 Å². The second-order valence-electron chi connectivity index (χ2n) is 4.21. The molecule has 1 aliphatic rings. The van der Waals surface area contributed by atoms with E-state index in [0.717, 1.165) is 17.0 Å². The topological polar surface area (TPSA) is 37.4 Å². The number of rotatable bonds is 1. The Morgan fingerprint density at radius 1 is 0.900 bits per heavy atom. The van der Waals surface area contributed by atoms with Crippen molar-refractivity contribution in [1.82, 2.24) is 0 Å². The van der Waals surface area contributed by atoms with E-state index in [2.05, 4.69) is 15.9 Å². The fourth-order valence-corrected chi connectivity index (χ4v) is 2.58. The van der Waals surface area contributed by atoms with Crippen LogP contribution in [0.3, 0.4) is 0 Å². The molecule has 0 aromatic heterocycles. The Bertz CT molecular complexity index is 726. The van der Waals surface area contributed by atoms with Crippen LogP contribution >= 0.6 is 15.9 Å². The maximum absolute atomic E-state index is 13.4. The van der Waals surface area contributed by atoms with Crippen molar-refractivity contribution in [2.24, 2.45) is 0 Å². The first-order valence-corrected chi connectivity index (χ1v) is 6.42. The SMILES string of the molecule is O=C1c2ccccc2C(=O)N1c1cc(F)c(F)cc1Br. The van der Waals surface area contributed by atoms with Gasteiger partial charge < -0.3 is 0 Å². The molecule has 2 aromatic rings. The minimum absolute atomic E-state index is 0.0184. The number of amides is 2. The van der Waals surface area contributed by atoms with Gasteiger partial charge in [0, 0.05) is 10.5 Å². The Labute approximate surface area is 120 Å². The first-order valence-electron chi connectivity index (χ1n) is 5.63. The molecule has 0 spiro atoms. The van der Waals surface area contributed by atoms with Gasteiger partial charge in [-0.2, -0.15) is 0 Å². The zero-order chi connectivity index (χ0) is 14.4. The highest BCUT2D eigenvalue weighted by Crippen LogP contribution is 2.34. The van der Waals surface area contributed by atoms with Gasteiger partial charge in [0.25, 0.3) is 11.8 Å². The van der Waals surface area contributed by atoms with Crippen LogP contribution in [0.2, 0.25) is 0 Å². The third-order valence-corrected chi connectivity index (χ3v) is 3.66. The lowest BCUT2D eigenvalue weighted by molar-refractivity contribution is 0.0926. The second kappa shape index (κ2) is 4.49. The van der Waals surface area contributed by atoms with Crippen LogP contribution in [-0.4, -0.2) is 11.8 Å². The van der Waals surface area contributed by atoms with Gasteiger partial charge >= 0.3 is 0 Å². The number of anilines is 1. The third-order valence-electron chi connectivity index (χ3n) is 3.02. The summed E-state index contributed by atoms with van der Waals surface area (Å²) in [5, 5.41) is 0. The first-order chi connectivity index (χ1) is 9.50. The molecule has 20 heavy (non-hydrogen) atoms. The van der Waals surface area contributed by atoms with E-state index in [1.165, 1.54) is 12.1 Å². The van der Waals surface area contributed by atoms with E-state index in [0.29, 0.717) is 0 Å². The van der Waals surface area contributed by atoms with E-state index in [9.17, 15) is 18.4 Å².